The number of hydrogen-bond donors (Lipinski definition) is 0. The first kappa shape index (κ1) is 31.4. The molecule has 43 heavy (non-hydrogen) atoms. The zero-order chi connectivity index (χ0) is 30.9. The molecule has 0 N–H and O–H groups in total. The Morgan fingerprint density at radius 3 is 2.40 bits per heavy atom. The fraction of sp³-hybridized carbons (Fsp3) is 0.529. The number of ether oxygens (including phenoxy) is 1. The lowest BCUT2D eigenvalue weighted by Crippen LogP contribution is -2.48. The standard InChI is InChI=1S/C34H41ClF2N4O2/c1-23(2)34(36,37)43-29-9-6-25(7-10-29)20-41-22-33(4)17-27(16-30(35)31(33)32(41)42)19-39-11-13-40(14-12-39)21-28-8-5-26(18-38)15-24(28)3/h5-10,16,24,30-31H,1,11-15,17,19-22H2,2-4H3. The van der Waals surface area contributed by atoms with E-state index in [0.29, 0.717) is 19.0 Å². The third kappa shape index (κ3) is 7.06. The molecule has 0 bridgehead atoms. The topological polar surface area (TPSA) is 59.8 Å². The van der Waals surface area contributed by atoms with Crippen LogP contribution < -0.4 is 4.74 Å². The fourth-order valence-electron chi connectivity index (χ4n) is 6.90. The number of allylic oxidation sites excluding steroid dienone is 4. The van der Waals surface area contributed by atoms with Gasteiger partial charge < -0.3 is 9.64 Å². The molecule has 4 unspecified atom stereocenters. The van der Waals surface area contributed by atoms with Gasteiger partial charge in [-0.3, -0.25) is 14.6 Å². The summed E-state index contributed by atoms with van der Waals surface area (Å²) in [5, 5.41) is 8.82. The van der Waals surface area contributed by atoms with Gasteiger partial charge in [-0.15, -0.1) is 11.6 Å². The summed E-state index contributed by atoms with van der Waals surface area (Å²) in [6.45, 7) is 15.6. The van der Waals surface area contributed by atoms with Crippen LogP contribution in [0, 0.1) is 28.6 Å². The van der Waals surface area contributed by atoms with Gasteiger partial charge in [0.15, 0.2) is 0 Å². The minimum absolute atomic E-state index is 0.0449. The maximum atomic E-state index is 13.9. The van der Waals surface area contributed by atoms with Crippen molar-refractivity contribution >= 4 is 17.5 Å². The van der Waals surface area contributed by atoms with E-state index in [4.69, 9.17) is 16.3 Å². The van der Waals surface area contributed by atoms with E-state index >= 15 is 0 Å². The van der Waals surface area contributed by atoms with E-state index in [1.54, 1.807) is 12.1 Å². The van der Waals surface area contributed by atoms with Crippen molar-refractivity contribution in [1.82, 2.24) is 14.7 Å². The van der Waals surface area contributed by atoms with Gasteiger partial charge in [0.05, 0.1) is 17.4 Å². The molecule has 0 spiro atoms. The Morgan fingerprint density at radius 1 is 1.14 bits per heavy atom. The number of nitrogens with zero attached hydrogens (tertiary/aromatic N) is 4. The predicted octanol–water partition coefficient (Wildman–Crippen LogP) is 6.17. The normalized spacial score (nSPS) is 28.5. The second-order valence-corrected chi connectivity index (χ2v) is 13.5. The Morgan fingerprint density at radius 2 is 1.79 bits per heavy atom. The van der Waals surface area contributed by atoms with E-state index in [-0.39, 0.29) is 33.9 Å². The summed E-state index contributed by atoms with van der Waals surface area (Å²) < 4.78 is 32.5. The van der Waals surface area contributed by atoms with Gasteiger partial charge in [-0.25, -0.2) is 0 Å². The molecule has 2 heterocycles. The number of fused-ring (bicyclic) bond motifs is 1. The number of amides is 1. The highest BCUT2D eigenvalue weighted by Crippen LogP contribution is 2.49. The van der Waals surface area contributed by atoms with E-state index in [0.717, 1.165) is 63.2 Å². The number of hydrogen-bond acceptors (Lipinski definition) is 5. The Bertz CT molecular complexity index is 1370. The summed E-state index contributed by atoms with van der Waals surface area (Å²) >= 11 is 6.88. The van der Waals surface area contributed by atoms with Gasteiger partial charge in [0.2, 0.25) is 5.91 Å². The predicted molar refractivity (Wildman–Crippen MR) is 165 cm³/mol. The van der Waals surface area contributed by atoms with Gasteiger partial charge in [-0.2, -0.15) is 14.0 Å². The van der Waals surface area contributed by atoms with Crippen molar-refractivity contribution in [3.63, 3.8) is 0 Å². The maximum absolute atomic E-state index is 13.9. The Balaban J connectivity index is 1.14. The fourth-order valence-corrected chi connectivity index (χ4v) is 7.49. The zero-order valence-electron chi connectivity index (χ0n) is 25.3. The Kier molecular flexibility index (Phi) is 9.18. The lowest BCUT2D eigenvalue weighted by molar-refractivity contribution is -0.141. The molecule has 0 aromatic heterocycles. The van der Waals surface area contributed by atoms with Gasteiger partial charge in [-0.1, -0.05) is 55.9 Å². The van der Waals surface area contributed by atoms with Crippen LogP contribution in [0.25, 0.3) is 0 Å². The number of alkyl halides is 3. The largest absolute Gasteiger partial charge is 0.429 e. The van der Waals surface area contributed by atoms with Gasteiger partial charge in [0.1, 0.15) is 5.75 Å². The lowest BCUT2D eigenvalue weighted by Gasteiger charge is -2.40. The summed E-state index contributed by atoms with van der Waals surface area (Å²) in [4.78, 5) is 20.3. The number of piperazine rings is 1. The highest BCUT2D eigenvalue weighted by atomic mass is 35.5. The second kappa shape index (κ2) is 12.6. The first-order valence-electron chi connectivity index (χ1n) is 15.1. The van der Waals surface area contributed by atoms with Crippen molar-refractivity contribution in [2.45, 2.75) is 51.6 Å². The van der Waals surface area contributed by atoms with Crippen LogP contribution >= 0.6 is 11.6 Å². The van der Waals surface area contributed by atoms with Gasteiger partial charge in [0, 0.05) is 68.9 Å². The number of nitriles is 1. The molecule has 2 saturated heterocycles. The first-order chi connectivity index (χ1) is 20.4. The third-order valence-corrected chi connectivity index (χ3v) is 9.74. The molecular formula is C34H41ClF2N4O2. The number of carbonyl (C=O) groups excluding carboxylic acids is 1. The molecule has 2 aliphatic carbocycles. The van der Waals surface area contributed by atoms with Gasteiger partial charge in [0.25, 0.3) is 0 Å². The van der Waals surface area contributed by atoms with Crippen LogP contribution in [-0.4, -0.2) is 77.9 Å². The summed E-state index contributed by atoms with van der Waals surface area (Å²) in [7, 11) is 0. The van der Waals surface area contributed by atoms with Crippen molar-refractivity contribution in [3.05, 3.63) is 76.9 Å². The van der Waals surface area contributed by atoms with Crippen LogP contribution in [0.15, 0.2) is 71.4 Å². The number of benzene rings is 1. The number of halogens is 3. The smallest absolute Gasteiger partial charge is 0.422 e. The summed E-state index contributed by atoms with van der Waals surface area (Å²) in [6, 6.07) is 8.71. The quantitative estimate of drug-likeness (QED) is 0.247. The third-order valence-electron chi connectivity index (χ3n) is 9.36. The van der Waals surface area contributed by atoms with Crippen molar-refractivity contribution < 1.29 is 18.3 Å². The van der Waals surface area contributed by atoms with Crippen molar-refractivity contribution in [2.24, 2.45) is 17.3 Å². The Labute approximate surface area is 258 Å². The van der Waals surface area contributed by atoms with E-state index in [2.05, 4.69) is 48.4 Å². The zero-order valence-corrected chi connectivity index (χ0v) is 26.0. The van der Waals surface area contributed by atoms with Crippen LogP contribution in [0.4, 0.5) is 8.78 Å². The summed E-state index contributed by atoms with van der Waals surface area (Å²) in [5.41, 5.74) is 3.77. The summed E-state index contributed by atoms with van der Waals surface area (Å²) in [6.07, 6.45) is 4.41. The van der Waals surface area contributed by atoms with Crippen LogP contribution in [0.2, 0.25) is 0 Å². The highest BCUT2D eigenvalue weighted by Gasteiger charge is 2.53. The maximum Gasteiger partial charge on any atom is 0.422 e. The average Bonchev–Trinajstić information content (AvgIpc) is 3.20. The lowest BCUT2D eigenvalue weighted by atomic mass is 9.69. The average molecular weight is 611 g/mol. The van der Waals surface area contributed by atoms with Gasteiger partial charge >= 0.3 is 6.11 Å². The molecule has 1 aromatic carbocycles. The summed E-state index contributed by atoms with van der Waals surface area (Å²) in [5.74, 6) is 0.213. The van der Waals surface area contributed by atoms with E-state index in [1.807, 2.05) is 11.0 Å². The minimum Gasteiger partial charge on any atom is -0.429 e. The van der Waals surface area contributed by atoms with E-state index in [9.17, 15) is 18.8 Å². The molecule has 5 rings (SSSR count). The molecule has 6 nitrogen and oxygen atoms in total. The molecule has 9 heteroatoms. The second-order valence-electron chi connectivity index (χ2n) is 13.0. The molecule has 0 saturated carbocycles. The van der Waals surface area contributed by atoms with Crippen molar-refractivity contribution in [1.29, 1.82) is 5.26 Å². The van der Waals surface area contributed by atoms with Crippen molar-refractivity contribution in [2.75, 3.05) is 45.8 Å². The first-order valence-corrected chi connectivity index (χ1v) is 15.5. The van der Waals surface area contributed by atoms with E-state index < -0.39 is 6.11 Å². The highest BCUT2D eigenvalue weighted by molar-refractivity contribution is 6.23. The molecule has 230 valence electrons. The number of rotatable bonds is 9. The van der Waals surface area contributed by atoms with Crippen LogP contribution in [0.3, 0.4) is 0 Å². The number of likely N-dealkylation sites (tertiary alicyclic amines) is 1. The molecule has 2 aliphatic heterocycles. The molecule has 0 radical (unpaired) electrons. The minimum atomic E-state index is -3.43. The molecule has 2 fully saturated rings. The monoisotopic (exact) mass is 610 g/mol. The van der Waals surface area contributed by atoms with Crippen molar-refractivity contribution in [3.8, 4) is 11.8 Å². The van der Waals surface area contributed by atoms with E-state index in [1.165, 1.54) is 30.2 Å². The molecule has 1 amide bonds. The number of carbonyl (C=O) groups is 1. The molecular weight excluding hydrogens is 570 g/mol. The molecule has 1 aromatic rings. The molecule has 4 atom stereocenters. The molecule has 4 aliphatic rings. The Hall–Kier alpha value is -2.99. The van der Waals surface area contributed by atoms with Gasteiger partial charge in [-0.05, 0) is 49.5 Å². The van der Waals surface area contributed by atoms with Crippen LogP contribution in [0.1, 0.15) is 39.2 Å². The van der Waals surface area contributed by atoms with Crippen LogP contribution in [0.5, 0.6) is 5.75 Å². The SMILES string of the molecule is C=C(C)C(F)(F)Oc1ccc(CN2CC3(C)CC(CN4CCN(CC5=CC=C(C#N)CC5C)CC4)=CC(Cl)C3C2=O)cc1. The van der Waals surface area contributed by atoms with Crippen LogP contribution in [-0.2, 0) is 11.3 Å².